The SMILES string of the molecule is CCc1ccc(OCc2ccc(C(=O)Nc3ccn(Cc4ccc(C)cc4)n3)o2)cc1. The molecule has 4 aromatic rings. The van der Waals surface area contributed by atoms with Crippen LogP contribution in [0.4, 0.5) is 5.82 Å². The van der Waals surface area contributed by atoms with Crippen LogP contribution in [0.1, 0.15) is 39.9 Å². The number of nitrogens with one attached hydrogen (secondary N) is 1. The Bertz CT molecular complexity index is 1140. The minimum Gasteiger partial charge on any atom is -0.486 e. The molecule has 0 aliphatic heterocycles. The molecule has 0 bridgehead atoms. The van der Waals surface area contributed by atoms with Crippen LogP contribution in [-0.2, 0) is 19.6 Å². The Balaban J connectivity index is 1.31. The van der Waals surface area contributed by atoms with Crippen molar-refractivity contribution in [3.05, 3.63) is 101 Å². The molecular weight excluding hydrogens is 390 g/mol. The molecule has 6 nitrogen and oxygen atoms in total. The van der Waals surface area contributed by atoms with Gasteiger partial charge in [-0.2, -0.15) is 5.10 Å². The maximum absolute atomic E-state index is 12.5. The van der Waals surface area contributed by atoms with Gasteiger partial charge in [0.05, 0.1) is 6.54 Å². The minimum absolute atomic E-state index is 0.216. The van der Waals surface area contributed by atoms with E-state index in [0.717, 1.165) is 17.7 Å². The van der Waals surface area contributed by atoms with Gasteiger partial charge in [0.2, 0.25) is 0 Å². The van der Waals surface area contributed by atoms with Crippen molar-refractivity contribution in [3.63, 3.8) is 0 Å². The van der Waals surface area contributed by atoms with Gasteiger partial charge in [-0.05, 0) is 48.7 Å². The number of hydrogen-bond acceptors (Lipinski definition) is 4. The summed E-state index contributed by atoms with van der Waals surface area (Å²) >= 11 is 0. The molecule has 0 fully saturated rings. The second-order valence-electron chi connectivity index (χ2n) is 7.39. The molecule has 0 spiro atoms. The van der Waals surface area contributed by atoms with Crippen molar-refractivity contribution in [2.24, 2.45) is 0 Å². The average molecular weight is 415 g/mol. The van der Waals surface area contributed by atoms with E-state index in [1.807, 2.05) is 30.5 Å². The first kappa shape index (κ1) is 20.5. The fraction of sp³-hybridized carbons (Fsp3) is 0.200. The van der Waals surface area contributed by atoms with Gasteiger partial charge in [0.15, 0.2) is 11.6 Å². The Morgan fingerprint density at radius 1 is 1.00 bits per heavy atom. The molecule has 0 unspecified atom stereocenters. The number of anilines is 1. The summed E-state index contributed by atoms with van der Waals surface area (Å²) in [5.41, 5.74) is 3.62. The molecule has 2 aromatic heterocycles. The number of rotatable bonds is 8. The van der Waals surface area contributed by atoms with Crippen molar-refractivity contribution in [3.8, 4) is 5.75 Å². The molecule has 2 aromatic carbocycles. The normalized spacial score (nSPS) is 10.8. The zero-order chi connectivity index (χ0) is 21.6. The molecule has 0 saturated carbocycles. The summed E-state index contributed by atoms with van der Waals surface area (Å²) in [7, 11) is 0. The van der Waals surface area contributed by atoms with E-state index < -0.39 is 0 Å². The van der Waals surface area contributed by atoms with Gasteiger partial charge in [0.25, 0.3) is 5.91 Å². The van der Waals surface area contributed by atoms with E-state index in [-0.39, 0.29) is 18.3 Å². The molecule has 6 heteroatoms. The van der Waals surface area contributed by atoms with Gasteiger partial charge in [0, 0.05) is 12.3 Å². The van der Waals surface area contributed by atoms with Gasteiger partial charge in [-0.15, -0.1) is 0 Å². The molecule has 2 heterocycles. The number of aryl methyl sites for hydroxylation is 2. The van der Waals surface area contributed by atoms with Crippen LogP contribution < -0.4 is 10.1 Å². The third-order valence-corrected chi connectivity index (χ3v) is 4.95. The number of carbonyl (C=O) groups excluding carboxylic acids is 1. The van der Waals surface area contributed by atoms with Crippen LogP contribution in [0.25, 0.3) is 0 Å². The van der Waals surface area contributed by atoms with Crippen LogP contribution in [0.3, 0.4) is 0 Å². The van der Waals surface area contributed by atoms with Crippen molar-refractivity contribution in [1.29, 1.82) is 0 Å². The molecule has 0 atom stereocenters. The van der Waals surface area contributed by atoms with Crippen molar-refractivity contribution in [1.82, 2.24) is 9.78 Å². The minimum atomic E-state index is -0.348. The van der Waals surface area contributed by atoms with Crippen LogP contribution in [0.5, 0.6) is 5.75 Å². The van der Waals surface area contributed by atoms with E-state index in [0.29, 0.717) is 18.1 Å². The topological polar surface area (TPSA) is 69.3 Å². The molecule has 1 amide bonds. The van der Waals surface area contributed by atoms with Gasteiger partial charge in [0.1, 0.15) is 18.1 Å². The summed E-state index contributed by atoms with van der Waals surface area (Å²) < 4.78 is 13.1. The Morgan fingerprint density at radius 3 is 2.48 bits per heavy atom. The zero-order valence-corrected chi connectivity index (χ0v) is 17.7. The van der Waals surface area contributed by atoms with Crippen LogP contribution in [0.15, 0.2) is 77.3 Å². The average Bonchev–Trinajstić information content (AvgIpc) is 3.44. The number of carbonyl (C=O) groups is 1. The summed E-state index contributed by atoms with van der Waals surface area (Å²) in [6.45, 7) is 5.06. The van der Waals surface area contributed by atoms with Gasteiger partial charge >= 0.3 is 0 Å². The summed E-state index contributed by atoms with van der Waals surface area (Å²) in [6, 6.07) is 21.4. The van der Waals surface area contributed by atoms with Gasteiger partial charge < -0.3 is 14.5 Å². The van der Waals surface area contributed by atoms with Gasteiger partial charge in [-0.1, -0.05) is 48.9 Å². The van der Waals surface area contributed by atoms with Crippen molar-refractivity contribution in [2.45, 2.75) is 33.4 Å². The molecular formula is C25H25N3O3. The highest BCUT2D eigenvalue weighted by molar-refractivity contribution is 6.01. The number of aromatic nitrogens is 2. The Hall–Kier alpha value is -3.80. The molecule has 1 N–H and O–H groups in total. The monoisotopic (exact) mass is 415 g/mol. The highest BCUT2D eigenvalue weighted by Crippen LogP contribution is 2.17. The number of ether oxygens (including phenoxy) is 1. The molecule has 158 valence electrons. The van der Waals surface area contributed by atoms with Crippen molar-refractivity contribution < 1.29 is 13.9 Å². The van der Waals surface area contributed by atoms with E-state index in [9.17, 15) is 4.79 Å². The predicted molar refractivity (Wildman–Crippen MR) is 119 cm³/mol. The molecule has 4 rings (SSSR count). The lowest BCUT2D eigenvalue weighted by Crippen LogP contribution is -2.12. The largest absolute Gasteiger partial charge is 0.486 e. The van der Waals surface area contributed by atoms with Crippen LogP contribution >= 0.6 is 0 Å². The van der Waals surface area contributed by atoms with Crippen LogP contribution in [0.2, 0.25) is 0 Å². The van der Waals surface area contributed by atoms with Crippen molar-refractivity contribution in [2.75, 3.05) is 5.32 Å². The van der Waals surface area contributed by atoms with Crippen LogP contribution in [-0.4, -0.2) is 15.7 Å². The van der Waals surface area contributed by atoms with E-state index in [1.165, 1.54) is 11.1 Å². The second-order valence-corrected chi connectivity index (χ2v) is 7.39. The number of hydrogen-bond donors (Lipinski definition) is 1. The lowest BCUT2D eigenvalue weighted by Gasteiger charge is -2.05. The predicted octanol–water partition coefficient (Wildman–Crippen LogP) is 5.23. The zero-order valence-electron chi connectivity index (χ0n) is 17.7. The molecule has 0 radical (unpaired) electrons. The van der Waals surface area contributed by atoms with E-state index in [4.69, 9.17) is 9.15 Å². The molecule has 31 heavy (non-hydrogen) atoms. The maximum Gasteiger partial charge on any atom is 0.292 e. The Kier molecular flexibility index (Phi) is 6.17. The van der Waals surface area contributed by atoms with E-state index >= 15 is 0 Å². The highest BCUT2D eigenvalue weighted by Gasteiger charge is 2.13. The first-order valence-electron chi connectivity index (χ1n) is 10.3. The first-order chi connectivity index (χ1) is 15.1. The van der Waals surface area contributed by atoms with E-state index in [1.54, 1.807) is 22.9 Å². The van der Waals surface area contributed by atoms with Gasteiger partial charge in [-0.3, -0.25) is 9.48 Å². The third kappa shape index (κ3) is 5.42. The molecule has 0 aliphatic rings. The number of nitrogens with zero attached hydrogens (tertiary/aromatic N) is 2. The summed E-state index contributed by atoms with van der Waals surface area (Å²) in [4.78, 5) is 12.5. The molecule has 0 aliphatic carbocycles. The van der Waals surface area contributed by atoms with Gasteiger partial charge in [-0.25, -0.2) is 0 Å². The maximum atomic E-state index is 12.5. The Labute approximate surface area is 181 Å². The third-order valence-electron chi connectivity index (χ3n) is 4.95. The lowest BCUT2D eigenvalue weighted by molar-refractivity contribution is 0.0992. The standard InChI is InChI=1S/C25H25N3O3/c1-3-19-8-10-21(11-9-19)30-17-22-12-13-23(31-22)25(29)26-24-14-15-28(27-24)16-20-6-4-18(2)5-7-20/h4-15H,3,16-17H2,1-2H3,(H,26,27,29). The summed E-state index contributed by atoms with van der Waals surface area (Å²) in [5.74, 6) is 1.68. The molecule has 0 saturated heterocycles. The smallest absolute Gasteiger partial charge is 0.292 e. The quantitative estimate of drug-likeness (QED) is 0.428. The summed E-state index contributed by atoms with van der Waals surface area (Å²) in [5, 5.41) is 7.18. The lowest BCUT2D eigenvalue weighted by atomic mass is 10.1. The van der Waals surface area contributed by atoms with E-state index in [2.05, 4.69) is 48.5 Å². The number of benzene rings is 2. The number of furan rings is 1. The fourth-order valence-electron chi connectivity index (χ4n) is 3.13. The number of amides is 1. The highest BCUT2D eigenvalue weighted by atomic mass is 16.5. The Morgan fingerprint density at radius 2 is 1.74 bits per heavy atom. The van der Waals surface area contributed by atoms with Crippen LogP contribution in [0, 0.1) is 6.92 Å². The second kappa shape index (κ2) is 9.34. The fourth-order valence-corrected chi connectivity index (χ4v) is 3.13. The first-order valence-corrected chi connectivity index (χ1v) is 10.3. The van der Waals surface area contributed by atoms with Crippen molar-refractivity contribution >= 4 is 11.7 Å². The summed E-state index contributed by atoms with van der Waals surface area (Å²) in [6.07, 6.45) is 2.82.